The van der Waals surface area contributed by atoms with Crippen molar-refractivity contribution in [3.05, 3.63) is 54.1 Å². The number of amides is 1. The van der Waals surface area contributed by atoms with Crippen molar-refractivity contribution in [1.29, 1.82) is 0 Å². The lowest BCUT2D eigenvalue weighted by Crippen LogP contribution is -2.45. The van der Waals surface area contributed by atoms with Gasteiger partial charge in [-0.2, -0.15) is 4.31 Å². The van der Waals surface area contributed by atoms with Crippen molar-refractivity contribution in [2.45, 2.75) is 44.7 Å². The van der Waals surface area contributed by atoms with E-state index in [-0.39, 0.29) is 23.3 Å². The molecular weight excluding hydrogens is 402 g/mol. The fourth-order valence-electron chi connectivity index (χ4n) is 4.04. The minimum Gasteiger partial charge on any atom is -0.465 e. The molecule has 1 amide bonds. The van der Waals surface area contributed by atoms with E-state index in [4.69, 9.17) is 4.42 Å². The zero-order valence-electron chi connectivity index (χ0n) is 17.3. The molecule has 1 atom stereocenters. The van der Waals surface area contributed by atoms with Gasteiger partial charge in [-0.3, -0.25) is 4.79 Å². The first-order valence-electron chi connectivity index (χ1n) is 10.3. The summed E-state index contributed by atoms with van der Waals surface area (Å²) < 4.78 is 35.5. The van der Waals surface area contributed by atoms with E-state index in [2.05, 4.69) is 16.8 Å². The molecule has 30 heavy (non-hydrogen) atoms. The number of nitrogens with one attached hydrogen (secondary N) is 1. The van der Waals surface area contributed by atoms with Crippen molar-refractivity contribution < 1.29 is 17.6 Å². The van der Waals surface area contributed by atoms with Crippen LogP contribution in [0.25, 0.3) is 10.9 Å². The molecule has 0 spiro atoms. The third-order valence-electron chi connectivity index (χ3n) is 5.71. The monoisotopic (exact) mass is 429 g/mol. The van der Waals surface area contributed by atoms with Gasteiger partial charge >= 0.3 is 0 Å². The number of aromatic nitrogens is 1. The lowest BCUT2D eigenvalue weighted by atomic mass is 9.99. The number of fused-ring (bicyclic) bond motifs is 1. The van der Waals surface area contributed by atoms with Crippen molar-refractivity contribution >= 4 is 26.8 Å². The number of aryl methyl sites for hydroxylation is 2. The first-order chi connectivity index (χ1) is 14.4. The third kappa shape index (κ3) is 4.02. The lowest BCUT2D eigenvalue weighted by Gasteiger charge is -2.31. The second-order valence-electron chi connectivity index (χ2n) is 7.75. The molecule has 1 aliphatic rings. The molecule has 4 rings (SSSR count). The summed E-state index contributed by atoms with van der Waals surface area (Å²) in [6.07, 6.45) is 3.29. The Labute approximate surface area is 176 Å². The smallest absolute Gasteiger partial charge is 0.243 e. The maximum absolute atomic E-state index is 13.2. The molecule has 160 valence electrons. The van der Waals surface area contributed by atoms with Gasteiger partial charge in [-0.25, -0.2) is 8.42 Å². The zero-order valence-corrected chi connectivity index (χ0v) is 18.1. The molecule has 1 N–H and O–H groups in total. The first-order valence-corrected chi connectivity index (χ1v) is 11.7. The first kappa shape index (κ1) is 20.7. The van der Waals surface area contributed by atoms with E-state index >= 15 is 0 Å². The number of nitrogens with zero attached hydrogens (tertiary/aromatic N) is 2. The van der Waals surface area contributed by atoms with Gasteiger partial charge in [0.2, 0.25) is 15.9 Å². The van der Waals surface area contributed by atoms with Crippen molar-refractivity contribution in [1.82, 2.24) is 14.2 Å². The summed E-state index contributed by atoms with van der Waals surface area (Å²) in [6.45, 7) is 5.66. The van der Waals surface area contributed by atoms with E-state index in [1.807, 2.05) is 37.4 Å². The highest BCUT2D eigenvalue weighted by molar-refractivity contribution is 7.89. The Balaban J connectivity index is 1.47. The van der Waals surface area contributed by atoms with E-state index < -0.39 is 10.0 Å². The van der Waals surface area contributed by atoms with Gasteiger partial charge in [0, 0.05) is 36.7 Å². The Bertz CT molecular complexity index is 1160. The third-order valence-corrected chi connectivity index (χ3v) is 7.57. The van der Waals surface area contributed by atoms with Crippen molar-refractivity contribution in [2.24, 2.45) is 5.92 Å². The predicted molar refractivity (Wildman–Crippen MR) is 114 cm³/mol. The number of carbonyl (C=O) groups is 1. The van der Waals surface area contributed by atoms with Gasteiger partial charge in [-0.05, 0) is 63.1 Å². The van der Waals surface area contributed by atoms with Gasteiger partial charge in [0.15, 0.2) is 0 Å². The SMILES string of the molecule is CCn1ccc2cc(S(=O)(=O)N3CCCC(C(=O)NCc4ccc(C)o4)C3)ccc21. The number of rotatable bonds is 6. The fraction of sp³-hybridized carbons (Fsp3) is 0.409. The molecule has 3 aromatic rings. The Morgan fingerprint density at radius 3 is 2.80 bits per heavy atom. The highest BCUT2D eigenvalue weighted by Crippen LogP contribution is 2.27. The van der Waals surface area contributed by atoms with Crippen LogP contribution in [0.2, 0.25) is 0 Å². The van der Waals surface area contributed by atoms with Crippen LogP contribution in [0.3, 0.4) is 0 Å². The summed E-state index contributed by atoms with van der Waals surface area (Å²) in [4.78, 5) is 12.9. The second kappa shape index (κ2) is 8.28. The summed E-state index contributed by atoms with van der Waals surface area (Å²) in [7, 11) is -3.66. The van der Waals surface area contributed by atoms with Crippen molar-refractivity contribution in [3.63, 3.8) is 0 Å². The standard InChI is InChI=1S/C22H27N3O4S/c1-3-24-12-10-17-13-20(8-9-21(17)24)30(27,28)25-11-4-5-18(15-25)22(26)23-14-19-7-6-16(2)29-19/h6-10,12-13,18H,3-5,11,14-15H2,1-2H3,(H,23,26). The Hall–Kier alpha value is -2.58. The molecule has 7 nitrogen and oxygen atoms in total. The zero-order chi connectivity index (χ0) is 21.3. The molecule has 1 fully saturated rings. The second-order valence-corrected chi connectivity index (χ2v) is 9.69. The minimum absolute atomic E-state index is 0.139. The molecule has 0 aliphatic carbocycles. The summed E-state index contributed by atoms with van der Waals surface area (Å²) >= 11 is 0. The van der Waals surface area contributed by atoms with Gasteiger partial charge in [0.25, 0.3) is 0 Å². The summed E-state index contributed by atoms with van der Waals surface area (Å²) in [6, 6.07) is 10.8. The molecule has 0 radical (unpaired) electrons. The Morgan fingerprint density at radius 2 is 2.07 bits per heavy atom. The minimum atomic E-state index is -3.66. The van der Waals surface area contributed by atoms with E-state index in [0.717, 1.165) is 23.2 Å². The highest BCUT2D eigenvalue weighted by atomic mass is 32.2. The van der Waals surface area contributed by atoms with Crippen LogP contribution in [-0.4, -0.2) is 36.3 Å². The number of benzene rings is 1. The molecule has 1 aromatic carbocycles. The molecule has 3 heterocycles. The number of hydrogen-bond donors (Lipinski definition) is 1. The van der Waals surface area contributed by atoms with Crippen LogP contribution in [0, 0.1) is 12.8 Å². The normalized spacial score (nSPS) is 18.0. The average Bonchev–Trinajstić information content (AvgIpc) is 3.37. The lowest BCUT2D eigenvalue weighted by molar-refractivity contribution is -0.126. The molecule has 1 unspecified atom stereocenters. The average molecular weight is 430 g/mol. The van der Waals surface area contributed by atoms with Crippen molar-refractivity contribution in [2.75, 3.05) is 13.1 Å². The van der Waals surface area contributed by atoms with Crippen LogP contribution >= 0.6 is 0 Å². The van der Waals surface area contributed by atoms with Gasteiger partial charge < -0.3 is 14.3 Å². The van der Waals surface area contributed by atoms with Crippen LogP contribution < -0.4 is 5.32 Å². The van der Waals surface area contributed by atoms with Crippen LogP contribution in [0.4, 0.5) is 0 Å². The van der Waals surface area contributed by atoms with E-state index in [9.17, 15) is 13.2 Å². The quantitative estimate of drug-likeness (QED) is 0.652. The summed E-state index contributed by atoms with van der Waals surface area (Å²) in [5.74, 6) is 0.975. The molecule has 1 saturated heterocycles. The number of piperidine rings is 1. The van der Waals surface area contributed by atoms with Crippen LogP contribution in [0.15, 0.2) is 51.9 Å². The maximum Gasteiger partial charge on any atom is 0.243 e. The number of sulfonamides is 1. The van der Waals surface area contributed by atoms with Gasteiger partial charge in [-0.1, -0.05) is 0 Å². The molecule has 2 aromatic heterocycles. The van der Waals surface area contributed by atoms with E-state index in [0.29, 0.717) is 31.7 Å². The summed E-state index contributed by atoms with van der Waals surface area (Å²) in [5, 5.41) is 3.77. The summed E-state index contributed by atoms with van der Waals surface area (Å²) in [5.41, 5.74) is 1.01. The highest BCUT2D eigenvalue weighted by Gasteiger charge is 2.33. The largest absolute Gasteiger partial charge is 0.465 e. The fourth-order valence-corrected chi connectivity index (χ4v) is 5.60. The molecule has 1 aliphatic heterocycles. The van der Waals surface area contributed by atoms with E-state index in [1.54, 1.807) is 12.1 Å². The molecule has 8 heteroatoms. The molecular formula is C22H27N3O4S. The number of hydrogen-bond acceptors (Lipinski definition) is 4. The molecule has 0 bridgehead atoms. The van der Waals surface area contributed by atoms with Crippen LogP contribution in [-0.2, 0) is 27.9 Å². The topological polar surface area (TPSA) is 84.5 Å². The van der Waals surface area contributed by atoms with Gasteiger partial charge in [0.05, 0.1) is 17.4 Å². The Kier molecular flexibility index (Phi) is 5.71. The van der Waals surface area contributed by atoms with Crippen LogP contribution in [0.5, 0.6) is 0 Å². The van der Waals surface area contributed by atoms with E-state index in [1.165, 1.54) is 4.31 Å². The Morgan fingerprint density at radius 1 is 1.23 bits per heavy atom. The number of carbonyl (C=O) groups excluding carboxylic acids is 1. The maximum atomic E-state index is 13.2. The van der Waals surface area contributed by atoms with Gasteiger partial charge in [0.1, 0.15) is 11.5 Å². The number of furan rings is 1. The van der Waals surface area contributed by atoms with Crippen LogP contribution in [0.1, 0.15) is 31.3 Å². The molecule has 0 saturated carbocycles. The van der Waals surface area contributed by atoms with Crippen molar-refractivity contribution in [3.8, 4) is 0 Å². The van der Waals surface area contributed by atoms with Gasteiger partial charge in [-0.15, -0.1) is 0 Å². The predicted octanol–water partition coefficient (Wildman–Crippen LogP) is 3.28.